The van der Waals surface area contributed by atoms with Crippen molar-refractivity contribution in [2.24, 2.45) is 5.92 Å². The average Bonchev–Trinajstić information content (AvgIpc) is 2.15. The van der Waals surface area contributed by atoms with Gasteiger partial charge in [0, 0.05) is 6.42 Å². The number of aromatic nitrogens is 1. The minimum atomic E-state index is 0.565. The third kappa shape index (κ3) is 1.50. The number of nitrogens with zero attached hydrogens (tertiary/aromatic N) is 1. The molecule has 0 radical (unpaired) electrons. The van der Waals surface area contributed by atoms with Crippen molar-refractivity contribution < 1.29 is 4.52 Å². The Labute approximate surface area is 60.2 Å². The van der Waals surface area contributed by atoms with Gasteiger partial charge < -0.3 is 10.3 Å². The van der Waals surface area contributed by atoms with Crippen molar-refractivity contribution in [3.63, 3.8) is 0 Å². The van der Waals surface area contributed by atoms with Gasteiger partial charge >= 0.3 is 0 Å². The summed E-state index contributed by atoms with van der Waals surface area (Å²) in [5.41, 5.74) is 6.19. The molecule has 56 valence electrons. The van der Waals surface area contributed by atoms with Crippen LogP contribution in [0.4, 0.5) is 5.69 Å². The zero-order valence-corrected chi connectivity index (χ0v) is 6.29. The van der Waals surface area contributed by atoms with Crippen LogP contribution in [-0.2, 0) is 6.42 Å². The first-order chi connectivity index (χ1) is 4.70. The van der Waals surface area contributed by atoms with Crippen molar-refractivity contribution in [3.8, 4) is 0 Å². The highest BCUT2D eigenvalue weighted by Crippen LogP contribution is 2.14. The van der Waals surface area contributed by atoms with E-state index in [1.54, 1.807) is 0 Å². The molecule has 1 rings (SSSR count). The summed E-state index contributed by atoms with van der Waals surface area (Å²) in [6.45, 7) is 4.23. The summed E-state index contributed by atoms with van der Waals surface area (Å²) in [6, 6.07) is 0. The Morgan fingerprint density at radius 1 is 1.70 bits per heavy atom. The molecule has 0 fully saturated rings. The molecule has 0 saturated carbocycles. The number of nitrogens with two attached hydrogens (primary N) is 1. The van der Waals surface area contributed by atoms with Gasteiger partial charge in [0.1, 0.15) is 0 Å². The Bertz CT molecular complexity index is 205. The van der Waals surface area contributed by atoms with E-state index in [1.165, 1.54) is 6.20 Å². The Hall–Kier alpha value is -0.990. The Kier molecular flexibility index (Phi) is 1.94. The van der Waals surface area contributed by atoms with Crippen LogP contribution in [-0.4, -0.2) is 5.16 Å². The molecule has 3 nitrogen and oxygen atoms in total. The van der Waals surface area contributed by atoms with Crippen LogP contribution in [0.25, 0.3) is 0 Å². The highest BCUT2D eigenvalue weighted by atomic mass is 16.5. The monoisotopic (exact) mass is 140 g/mol. The molecule has 1 aromatic heterocycles. The molecular formula is C7H12N2O. The van der Waals surface area contributed by atoms with Crippen molar-refractivity contribution in [1.29, 1.82) is 0 Å². The molecule has 0 atom stereocenters. The third-order valence-corrected chi connectivity index (χ3v) is 1.27. The van der Waals surface area contributed by atoms with Crippen molar-refractivity contribution >= 4 is 5.69 Å². The van der Waals surface area contributed by atoms with E-state index in [0.717, 1.165) is 12.2 Å². The molecule has 0 saturated heterocycles. The van der Waals surface area contributed by atoms with Crippen LogP contribution in [0.1, 0.15) is 19.6 Å². The standard InChI is InChI=1S/C7H12N2O/c1-5(2)3-7-6(8)4-9-10-7/h4-5H,3,8H2,1-2H3. The largest absolute Gasteiger partial charge is 0.395 e. The summed E-state index contributed by atoms with van der Waals surface area (Å²) in [5.74, 6) is 1.37. The van der Waals surface area contributed by atoms with Gasteiger partial charge in [-0.05, 0) is 5.92 Å². The van der Waals surface area contributed by atoms with Gasteiger partial charge in [0.25, 0.3) is 0 Å². The molecule has 0 amide bonds. The predicted molar refractivity (Wildman–Crippen MR) is 39.5 cm³/mol. The van der Waals surface area contributed by atoms with Gasteiger partial charge in [0.2, 0.25) is 0 Å². The van der Waals surface area contributed by atoms with Crippen molar-refractivity contribution in [2.75, 3.05) is 5.73 Å². The molecule has 0 aliphatic heterocycles. The van der Waals surface area contributed by atoms with Gasteiger partial charge in [0.05, 0.1) is 11.9 Å². The lowest BCUT2D eigenvalue weighted by atomic mass is 10.1. The van der Waals surface area contributed by atoms with Gasteiger partial charge in [-0.15, -0.1) is 0 Å². The normalized spacial score (nSPS) is 10.7. The summed E-state index contributed by atoms with van der Waals surface area (Å²) in [5, 5.41) is 3.57. The molecule has 0 spiro atoms. The Morgan fingerprint density at radius 2 is 2.40 bits per heavy atom. The van der Waals surface area contributed by atoms with Gasteiger partial charge in [-0.1, -0.05) is 19.0 Å². The van der Waals surface area contributed by atoms with E-state index in [9.17, 15) is 0 Å². The number of nitrogen functional groups attached to an aromatic ring is 1. The zero-order chi connectivity index (χ0) is 7.56. The average molecular weight is 140 g/mol. The van der Waals surface area contributed by atoms with E-state index in [2.05, 4.69) is 19.0 Å². The lowest BCUT2D eigenvalue weighted by Crippen LogP contribution is -1.95. The second-order valence-electron chi connectivity index (χ2n) is 2.80. The Balaban J connectivity index is 2.65. The molecule has 3 heteroatoms. The lowest BCUT2D eigenvalue weighted by Gasteiger charge is -1.98. The molecule has 1 heterocycles. The molecular weight excluding hydrogens is 128 g/mol. The maximum atomic E-state index is 5.53. The fraction of sp³-hybridized carbons (Fsp3) is 0.571. The first kappa shape index (κ1) is 7.12. The quantitative estimate of drug-likeness (QED) is 0.676. The number of hydrogen-bond donors (Lipinski definition) is 1. The molecule has 2 N–H and O–H groups in total. The summed E-state index contributed by atoms with van der Waals surface area (Å²) < 4.78 is 4.90. The predicted octanol–water partition coefficient (Wildman–Crippen LogP) is 1.46. The van der Waals surface area contributed by atoms with Crippen LogP contribution in [0.2, 0.25) is 0 Å². The van der Waals surface area contributed by atoms with Crippen LogP contribution in [0.15, 0.2) is 10.7 Å². The summed E-state index contributed by atoms with van der Waals surface area (Å²) >= 11 is 0. The highest BCUT2D eigenvalue weighted by Gasteiger charge is 2.05. The SMILES string of the molecule is CC(C)Cc1oncc1N. The summed E-state index contributed by atoms with van der Waals surface area (Å²) in [7, 11) is 0. The van der Waals surface area contributed by atoms with E-state index in [0.29, 0.717) is 11.6 Å². The fourth-order valence-electron chi connectivity index (χ4n) is 0.797. The van der Waals surface area contributed by atoms with Crippen molar-refractivity contribution in [1.82, 2.24) is 5.16 Å². The minimum Gasteiger partial charge on any atom is -0.395 e. The summed E-state index contributed by atoms with van der Waals surface area (Å²) in [4.78, 5) is 0. The molecule has 0 bridgehead atoms. The van der Waals surface area contributed by atoms with Gasteiger partial charge in [-0.3, -0.25) is 0 Å². The number of hydrogen-bond acceptors (Lipinski definition) is 3. The van der Waals surface area contributed by atoms with Crippen LogP contribution in [0.3, 0.4) is 0 Å². The van der Waals surface area contributed by atoms with Crippen LogP contribution in [0.5, 0.6) is 0 Å². The Morgan fingerprint density at radius 3 is 2.80 bits per heavy atom. The molecule has 0 aliphatic carbocycles. The van der Waals surface area contributed by atoms with Gasteiger partial charge in [-0.25, -0.2) is 0 Å². The maximum Gasteiger partial charge on any atom is 0.159 e. The van der Waals surface area contributed by atoms with Gasteiger partial charge in [0.15, 0.2) is 5.76 Å². The third-order valence-electron chi connectivity index (χ3n) is 1.27. The van der Waals surface area contributed by atoms with E-state index in [1.807, 2.05) is 0 Å². The van der Waals surface area contributed by atoms with Crippen LogP contribution < -0.4 is 5.73 Å². The van der Waals surface area contributed by atoms with Crippen LogP contribution >= 0.6 is 0 Å². The molecule has 0 aromatic carbocycles. The molecule has 0 unspecified atom stereocenters. The lowest BCUT2D eigenvalue weighted by molar-refractivity contribution is 0.369. The number of anilines is 1. The molecule has 0 aliphatic rings. The second kappa shape index (κ2) is 2.73. The smallest absolute Gasteiger partial charge is 0.159 e. The number of rotatable bonds is 2. The summed E-state index contributed by atoms with van der Waals surface area (Å²) in [6.07, 6.45) is 2.41. The zero-order valence-electron chi connectivity index (χ0n) is 6.29. The van der Waals surface area contributed by atoms with Crippen molar-refractivity contribution in [3.05, 3.63) is 12.0 Å². The van der Waals surface area contributed by atoms with E-state index in [-0.39, 0.29) is 0 Å². The van der Waals surface area contributed by atoms with E-state index in [4.69, 9.17) is 10.3 Å². The van der Waals surface area contributed by atoms with E-state index < -0.39 is 0 Å². The first-order valence-corrected chi connectivity index (χ1v) is 3.39. The fourth-order valence-corrected chi connectivity index (χ4v) is 0.797. The molecule has 1 aromatic rings. The van der Waals surface area contributed by atoms with Gasteiger partial charge in [-0.2, -0.15) is 0 Å². The first-order valence-electron chi connectivity index (χ1n) is 3.39. The van der Waals surface area contributed by atoms with Crippen LogP contribution in [0, 0.1) is 5.92 Å². The molecule has 10 heavy (non-hydrogen) atoms. The van der Waals surface area contributed by atoms with Crippen molar-refractivity contribution in [2.45, 2.75) is 20.3 Å². The topological polar surface area (TPSA) is 52.0 Å². The highest BCUT2D eigenvalue weighted by molar-refractivity contribution is 5.37. The minimum absolute atomic E-state index is 0.565. The second-order valence-corrected chi connectivity index (χ2v) is 2.80. The van der Waals surface area contributed by atoms with E-state index >= 15 is 0 Å². The maximum absolute atomic E-state index is 5.53.